The fraction of sp³-hybridized carbons (Fsp3) is 0.200. The Hall–Kier alpha value is -3.85. The van der Waals surface area contributed by atoms with Crippen LogP contribution in [-0.4, -0.2) is 41.3 Å². The van der Waals surface area contributed by atoms with Crippen LogP contribution in [0, 0.1) is 6.92 Å². The summed E-state index contributed by atoms with van der Waals surface area (Å²) in [6, 6.07) is 14.3. The Morgan fingerprint density at radius 2 is 1.88 bits per heavy atom. The van der Waals surface area contributed by atoms with Gasteiger partial charge in [-0.05, 0) is 62.0 Å². The number of thioether (sulfide) groups is 1. The van der Waals surface area contributed by atoms with Crippen molar-refractivity contribution in [3.8, 4) is 0 Å². The Bertz CT molecular complexity index is 1340. The molecule has 0 aliphatic carbocycles. The van der Waals surface area contributed by atoms with Gasteiger partial charge >= 0.3 is 11.9 Å². The minimum absolute atomic E-state index is 0.0942. The smallest absolute Gasteiger partial charge is 0.337 e. The number of nitrogens with one attached hydrogen (secondary N) is 1. The molecule has 0 radical (unpaired) electrons. The van der Waals surface area contributed by atoms with Crippen LogP contribution in [0.25, 0.3) is 17.0 Å². The van der Waals surface area contributed by atoms with E-state index in [0.717, 1.165) is 22.2 Å². The topological polar surface area (TPSA) is 99.0 Å². The minimum atomic E-state index is -0.426. The molecule has 174 valence electrons. The molecule has 0 unspecified atom stereocenters. The number of aliphatic imine (C=N–C) groups is 1. The Kier molecular flexibility index (Phi) is 6.83. The molecule has 1 saturated heterocycles. The van der Waals surface area contributed by atoms with Crippen LogP contribution in [0.5, 0.6) is 0 Å². The van der Waals surface area contributed by atoms with Gasteiger partial charge in [0.15, 0.2) is 5.17 Å². The van der Waals surface area contributed by atoms with E-state index in [1.807, 2.05) is 41.8 Å². The van der Waals surface area contributed by atoms with Gasteiger partial charge in [0.1, 0.15) is 6.54 Å². The lowest BCUT2D eigenvalue weighted by molar-refractivity contribution is -0.143. The van der Waals surface area contributed by atoms with Crippen LogP contribution in [0.2, 0.25) is 0 Å². The number of fused-ring (bicyclic) bond motifs is 1. The Balaban J connectivity index is 1.63. The van der Waals surface area contributed by atoms with E-state index in [9.17, 15) is 14.4 Å². The summed E-state index contributed by atoms with van der Waals surface area (Å²) in [4.78, 5) is 41.3. The second-order valence-corrected chi connectivity index (χ2v) is 8.46. The lowest BCUT2D eigenvalue weighted by Gasteiger charge is -2.07. The number of carbonyl (C=O) groups is 3. The monoisotopic (exact) mass is 477 g/mol. The second-order valence-electron chi connectivity index (χ2n) is 7.43. The summed E-state index contributed by atoms with van der Waals surface area (Å²) in [5.41, 5.74) is 3.63. The van der Waals surface area contributed by atoms with Crippen LogP contribution < -0.4 is 5.32 Å². The number of aromatic nitrogens is 1. The number of amides is 1. The summed E-state index contributed by atoms with van der Waals surface area (Å²) in [5, 5.41) is 4.16. The first-order chi connectivity index (χ1) is 16.4. The number of para-hydroxylation sites is 1. The average Bonchev–Trinajstić information content (AvgIpc) is 3.31. The first kappa shape index (κ1) is 23.3. The number of benzene rings is 2. The minimum Gasteiger partial charge on any atom is -0.465 e. The van der Waals surface area contributed by atoms with Gasteiger partial charge in [-0.15, -0.1) is 0 Å². The van der Waals surface area contributed by atoms with Gasteiger partial charge in [0, 0.05) is 22.2 Å². The standard InChI is InChI=1S/C25H23N3O5S/c1-4-33-22(29)14-28-15(2)19(18-7-5-6-8-20(18)28)13-21-23(30)27-25(34-21)26-17-11-9-16(10-12-17)24(31)32-3/h5-13H,4,14H2,1-3H3,(H,26,27,30)/b21-13-. The van der Waals surface area contributed by atoms with E-state index in [0.29, 0.717) is 27.9 Å². The van der Waals surface area contributed by atoms with Crippen LogP contribution in [0.15, 0.2) is 58.4 Å². The van der Waals surface area contributed by atoms with Crippen molar-refractivity contribution >= 4 is 57.4 Å². The van der Waals surface area contributed by atoms with Crippen LogP contribution >= 0.6 is 11.8 Å². The maximum atomic E-state index is 12.7. The molecule has 4 rings (SSSR count). The van der Waals surface area contributed by atoms with Gasteiger partial charge in [0.25, 0.3) is 5.91 Å². The largest absolute Gasteiger partial charge is 0.465 e. The number of ether oxygens (including phenoxy) is 2. The van der Waals surface area contributed by atoms with E-state index in [-0.39, 0.29) is 18.4 Å². The highest BCUT2D eigenvalue weighted by molar-refractivity contribution is 8.18. The molecule has 3 aromatic rings. The molecule has 0 saturated carbocycles. The molecular formula is C25H23N3O5S. The molecule has 1 aliphatic heterocycles. The molecule has 1 amide bonds. The molecule has 2 aromatic carbocycles. The quantitative estimate of drug-likeness (QED) is 0.422. The number of methoxy groups -OCH3 is 1. The summed E-state index contributed by atoms with van der Waals surface area (Å²) in [6.07, 6.45) is 1.82. The fourth-order valence-electron chi connectivity index (χ4n) is 3.70. The molecule has 0 bridgehead atoms. The molecule has 1 aliphatic rings. The molecule has 1 fully saturated rings. The molecule has 1 aromatic heterocycles. The Morgan fingerprint density at radius 1 is 1.15 bits per heavy atom. The van der Waals surface area contributed by atoms with Gasteiger partial charge in [-0.1, -0.05) is 18.2 Å². The van der Waals surface area contributed by atoms with Gasteiger partial charge in [-0.3, -0.25) is 9.59 Å². The summed E-state index contributed by atoms with van der Waals surface area (Å²) in [6.45, 7) is 4.10. The zero-order valence-corrected chi connectivity index (χ0v) is 19.8. The molecular weight excluding hydrogens is 454 g/mol. The van der Waals surface area contributed by atoms with Crippen LogP contribution in [0.3, 0.4) is 0 Å². The van der Waals surface area contributed by atoms with Crippen LogP contribution in [0.4, 0.5) is 5.69 Å². The van der Waals surface area contributed by atoms with E-state index in [1.54, 1.807) is 31.2 Å². The molecule has 34 heavy (non-hydrogen) atoms. The number of carbonyl (C=O) groups excluding carboxylic acids is 3. The number of amidine groups is 1. The number of nitrogens with zero attached hydrogens (tertiary/aromatic N) is 2. The van der Waals surface area contributed by atoms with Gasteiger partial charge in [0.2, 0.25) is 0 Å². The van der Waals surface area contributed by atoms with Crippen LogP contribution in [0.1, 0.15) is 28.5 Å². The first-order valence-corrected chi connectivity index (χ1v) is 11.4. The van der Waals surface area contributed by atoms with Crippen molar-refractivity contribution in [1.82, 2.24) is 9.88 Å². The van der Waals surface area contributed by atoms with Crippen molar-refractivity contribution in [3.05, 3.63) is 70.3 Å². The van der Waals surface area contributed by atoms with Gasteiger partial charge in [-0.2, -0.15) is 0 Å². The van der Waals surface area contributed by atoms with Gasteiger partial charge in [-0.25, -0.2) is 9.79 Å². The Morgan fingerprint density at radius 3 is 2.59 bits per heavy atom. The van der Waals surface area contributed by atoms with Gasteiger partial charge < -0.3 is 19.4 Å². The van der Waals surface area contributed by atoms with Crippen molar-refractivity contribution in [2.75, 3.05) is 13.7 Å². The maximum absolute atomic E-state index is 12.7. The van der Waals surface area contributed by atoms with Gasteiger partial charge in [0.05, 0.1) is 29.9 Å². The van der Waals surface area contributed by atoms with Crippen molar-refractivity contribution in [1.29, 1.82) is 0 Å². The highest BCUT2D eigenvalue weighted by atomic mass is 32.2. The number of hydrogen-bond acceptors (Lipinski definition) is 7. The van der Waals surface area contributed by atoms with E-state index >= 15 is 0 Å². The lowest BCUT2D eigenvalue weighted by Crippen LogP contribution is -2.19. The SMILES string of the molecule is CCOC(=O)Cn1c(C)c(/C=C2\SC(=Nc3ccc(C(=O)OC)cc3)NC2=O)c2ccccc21. The fourth-order valence-corrected chi connectivity index (χ4v) is 4.52. The first-order valence-electron chi connectivity index (χ1n) is 10.6. The number of esters is 2. The average molecular weight is 478 g/mol. The zero-order valence-electron chi connectivity index (χ0n) is 19.0. The summed E-state index contributed by atoms with van der Waals surface area (Å²) < 4.78 is 11.7. The summed E-state index contributed by atoms with van der Waals surface area (Å²) in [5.74, 6) is -0.992. The van der Waals surface area contributed by atoms with Crippen molar-refractivity contribution in [3.63, 3.8) is 0 Å². The van der Waals surface area contributed by atoms with Crippen LogP contribution in [-0.2, 0) is 25.6 Å². The van der Waals surface area contributed by atoms with E-state index in [4.69, 9.17) is 9.47 Å². The normalized spacial score (nSPS) is 15.7. The third-order valence-corrected chi connectivity index (χ3v) is 6.23. The molecule has 0 spiro atoms. The van der Waals surface area contributed by atoms with Crippen molar-refractivity contribution < 1.29 is 23.9 Å². The van der Waals surface area contributed by atoms with E-state index < -0.39 is 5.97 Å². The maximum Gasteiger partial charge on any atom is 0.337 e. The number of rotatable bonds is 6. The number of hydrogen-bond donors (Lipinski definition) is 1. The predicted molar refractivity (Wildman–Crippen MR) is 132 cm³/mol. The van der Waals surface area contributed by atoms with E-state index in [2.05, 4.69) is 10.3 Å². The molecule has 2 heterocycles. The molecule has 0 atom stereocenters. The summed E-state index contributed by atoms with van der Waals surface area (Å²) >= 11 is 1.23. The van der Waals surface area contributed by atoms with Crippen molar-refractivity contribution in [2.45, 2.75) is 20.4 Å². The van der Waals surface area contributed by atoms with Crippen molar-refractivity contribution in [2.24, 2.45) is 4.99 Å². The summed E-state index contributed by atoms with van der Waals surface area (Å²) in [7, 11) is 1.32. The zero-order chi connectivity index (χ0) is 24.2. The molecule has 9 heteroatoms. The Labute approximate surface area is 200 Å². The second kappa shape index (κ2) is 9.96. The lowest BCUT2D eigenvalue weighted by atomic mass is 10.1. The molecule has 1 N–H and O–H groups in total. The highest BCUT2D eigenvalue weighted by Gasteiger charge is 2.25. The van der Waals surface area contributed by atoms with E-state index in [1.165, 1.54) is 18.9 Å². The third kappa shape index (κ3) is 4.74. The predicted octanol–water partition coefficient (Wildman–Crippen LogP) is 4.19. The third-order valence-electron chi connectivity index (χ3n) is 5.32. The molecule has 8 nitrogen and oxygen atoms in total. The highest BCUT2D eigenvalue weighted by Crippen LogP contribution is 2.33.